The summed E-state index contributed by atoms with van der Waals surface area (Å²) in [5.41, 5.74) is 0. The molecule has 0 fully saturated rings. The van der Waals surface area contributed by atoms with Crippen LogP contribution in [0.5, 0.6) is 0 Å². The Balaban J connectivity index is 3.88. The summed E-state index contributed by atoms with van der Waals surface area (Å²) in [6.45, 7) is 3.98. The second kappa shape index (κ2) is 26.9. The Kier molecular flexibility index (Phi) is 26.4. The molecule has 6 heteroatoms. The zero-order valence-electron chi connectivity index (χ0n) is 24.5. The summed E-state index contributed by atoms with van der Waals surface area (Å²) in [6, 6.07) is -0.974. The third-order valence-corrected chi connectivity index (χ3v) is 7.57. The van der Waals surface area contributed by atoms with Gasteiger partial charge in [-0.25, -0.2) is 0 Å². The van der Waals surface area contributed by atoms with Gasteiger partial charge >= 0.3 is 0 Å². The van der Waals surface area contributed by atoms with Gasteiger partial charge in [-0.3, -0.25) is 4.79 Å². The number of aliphatic hydroxyl groups is 4. The molecule has 4 atom stereocenters. The molecular formula is C31H63NO5. The van der Waals surface area contributed by atoms with Crippen molar-refractivity contribution >= 4 is 5.91 Å². The van der Waals surface area contributed by atoms with Crippen molar-refractivity contribution in [1.29, 1.82) is 0 Å². The van der Waals surface area contributed by atoms with E-state index in [0.717, 1.165) is 38.5 Å². The highest BCUT2D eigenvalue weighted by atomic mass is 16.3. The molecule has 0 heterocycles. The minimum Gasteiger partial charge on any atom is -0.394 e. The highest BCUT2D eigenvalue weighted by Gasteiger charge is 2.28. The van der Waals surface area contributed by atoms with E-state index in [4.69, 9.17) is 0 Å². The largest absolute Gasteiger partial charge is 0.394 e. The van der Waals surface area contributed by atoms with Gasteiger partial charge < -0.3 is 25.7 Å². The Morgan fingerprint density at radius 2 is 0.919 bits per heavy atom. The lowest BCUT2D eigenvalue weighted by Crippen LogP contribution is -2.53. The lowest BCUT2D eigenvalue weighted by Gasteiger charge is -2.27. The van der Waals surface area contributed by atoms with E-state index in [0.29, 0.717) is 12.8 Å². The topological polar surface area (TPSA) is 110 Å². The molecular weight excluding hydrogens is 466 g/mol. The van der Waals surface area contributed by atoms with Gasteiger partial charge in [0, 0.05) is 0 Å². The monoisotopic (exact) mass is 529 g/mol. The SMILES string of the molecule is CCCCCCCCCCCCCCC(O)C(O)C(CO)NC(=O)C(O)CCCCCCCCCCC. The molecule has 0 aliphatic carbocycles. The molecule has 0 aromatic heterocycles. The van der Waals surface area contributed by atoms with Gasteiger partial charge in [-0.15, -0.1) is 0 Å². The van der Waals surface area contributed by atoms with Crippen LogP contribution in [0, 0.1) is 0 Å². The third kappa shape index (κ3) is 21.9. The molecule has 4 unspecified atom stereocenters. The Hall–Kier alpha value is -0.690. The van der Waals surface area contributed by atoms with E-state index >= 15 is 0 Å². The summed E-state index contributed by atoms with van der Waals surface area (Å²) in [4.78, 5) is 12.3. The molecule has 0 spiro atoms. The van der Waals surface area contributed by atoms with Crippen molar-refractivity contribution in [2.45, 2.75) is 186 Å². The standard InChI is InChI=1S/C31H63NO5/c1-3-5-7-9-11-13-14-15-17-18-20-22-24-28(34)30(36)27(26-33)32-31(37)29(35)25-23-21-19-16-12-10-8-6-4-2/h27-30,33-36H,3-26H2,1-2H3,(H,32,37). The summed E-state index contributed by atoms with van der Waals surface area (Å²) in [7, 11) is 0. The number of amides is 1. The fourth-order valence-electron chi connectivity index (χ4n) is 4.93. The van der Waals surface area contributed by atoms with Crippen molar-refractivity contribution in [3.63, 3.8) is 0 Å². The van der Waals surface area contributed by atoms with Crippen molar-refractivity contribution in [2.24, 2.45) is 0 Å². The van der Waals surface area contributed by atoms with Crippen LogP contribution in [0.3, 0.4) is 0 Å². The lowest BCUT2D eigenvalue weighted by molar-refractivity contribution is -0.132. The number of nitrogens with one attached hydrogen (secondary N) is 1. The normalized spacial score (nSPS) is 14.9. The van der Waals surface area contributed by atoms with E-state index in [-0.39, 0.29) is 0 Å². The molecule has 0 aromatic rings. The number of hydrogen-bond acceptors (Lipinski definition) is 5. The van der Waals surface area contributed by atoms with Crippen LogP contribution in [0.15, 0.2) is 0 Å². The van der Waals surface area contributed by atoms with Crippen molar-refractivity contribution < 1.29 is 25.2 Å². The average Bonchev–Trinajstić information content (AvgIpc) is 2.90. The van der Waals surface area contributed by atoms with Crippen LogP contribution in [0.2, 0.25) is 0 Å². The summed E-state index contributed by atoms with van der Waals surface area (Å²) >= 11 is 0. The fourth-order valence-corrected chi connectivity index (χ4v) is 4.93. The first kappa shape index (κ1) is 36.3. The van der Waals surface area contributed by atoms with Crippen molar-refractivity contribution in [1.82, 2.24) is 5.32 Å². The lowest BCUT2D eigenvalue weighted by atomic mass is 9.99. The molecule has 0 saturated heterocycles. The van der Waals surface area contributed by atoms with Crippen LogP contribution in [0.25, 0.3) is 0 Å². The maximum Gasteiger partial charge on any atom is 0.249 e. The van der Waals surface area contributed by atoms with Crippen LogP contribution in [0.1, 0.15) is 162 Å². The Morgan fingerprint density at radius 3 is 1.30 bits per heavy atom. The Bertz CT molecular complexity index is 490. The molecule has 0 aliphatic heterocycles. The smallest absolute Gasteiger partial charge is 0.249 e. The predicted octanol–water partition coefficient (Wildman–Crippen LogP) is 6.56. The summed E-state index contributed by atoms with van der Waals surface area (Å²) in [5.74, 6) is -0.588. The van der Waals surface area contributed by atoms with Gasteiger partial charge in [0.1, 0.15) is 12.2 Å². The highest BCUT2D eigenvalue weighted by molar-refractivity contribution is 5.80. The molecule has 37 heavy (non-hydrogen) atoms. The molecule has 6 nitrogen and oxygen atoms in total. The average molecular weight is 530 g/mol. The van der Waals surface area contributed by atoms with Crippen LogP contribution in [-0.2, 0) is 4.79 Å². The van der Waals surface area contributed by atoms with Crippen LogP contribution < -0.4 is 5.32 Å². The number of unbranched alkanes of at least 4 members (excludes halogenated alkanes) is 19. The van der Waals surface area contributed by atoms with Gasteiger partial charge in [0.05, 0.1) is 18.8 Å². The third-order valence-electron chi connectivity index (χ3n) is 7.57. The van der Waals surface area contributed by atoms with Crippen LogP contribution in [0.4, 0.5) is 0 Å². The minimum atomic E-state index is -1.25. The molecule has 0 saturated carbocycles. The molecule has 1 amide bonds. The van der Waals surface area contributed by atoms with Gasteiger partial charge in [-0.05, 0) is 12.8 Å². The molecule has 0 radical (unpaired) electrons. The van der Waals surface area contributed by atoms with Gasteiger partial charge in [0.25, 0.3) is 0 Å². The zero-order chi connectivity index (χ0) is 27.6. The number of carbonyl (C=O) groups excluding carboxylic acids is 1. The maximum absolute atomic E-state index is 12.3. The Morgan fingerprint density at radius 1 is 0.568 bits per heavy atom. The number of aliphatic hydroxyl groups excluding tert-OH is 4. The van der Waals surface area contributed by atoms with E-state index < -0.39 is 36.9 Å². The molecule has 0 aromatic carbocycles. The Labute approximate surface area is 229 Å². The first-order chi connectivity index (χ1) is 18.0. The van der Waals surface area contributed by atoms with Gasteiger partial charge in [-0.2, -0.15) is 0 Å². The highest BCUT2D eigenvalue weighted by Crippen LogP contribution is 2.15. The number of rotatable bonds is 28. The summed E-state index contributed by atoms with van der Waals surface area (Å²) < 4.78 is 0. The van der Waals surface area contributed by atoms with E-state index in [1.807, 2.05) is 0 Å². The van der Waals surface area contributed by atoms with Gasteiger partial charge in [0.2, 0.25) is 5.91 Å². The summed E-state index contributed by atoms with van der Waals surface area (Å²) in [5, 5.41) is 43.1. The zero-order valence-corrected chi connectivity index (χ0v) is 24.5. The first-order valence-electron chi connectivity index (χ1n) is 15.9. The molecule has 222 valence electrons. The molecule has 0 rings (SSSR count). The predicted molar refractivity (Wildman–Crippen MR) is 155 cm³/mol. The number of hydrogen-bond donors (Lipinski definition) is 5. The van der Waals surface area contributed by atoms with E-state index in [2.05, 4.69) is 19.2 Å². The second-order valence-electron chi connectivity index (χ2n) is 11.2. The van der Waals surface area contributed by atoms with Gasteiger partial charge in [-0.1, -0.05) is 149 Å². The quantitative estimate of drug-likeness (QED) is 0.0737. The van der Waals surface area contributed by atoms with Gasteiger partial charge in [0.15, 0.2) is 0 Å². The molecule has 0 aliphatic rings. The maximum atomic E-state index is 12.3. The minimum absolute atomic E-state index is 0.372. The molecule has 5 N–H and O–H groups in total. The van der Waals surface area contributed by atoms with Crippen LogP contribution in [-0.4, -0.2) is 57.3 Å². The van der Waals surface area contributed by atoms with E-state index in [9.17, 15) is 25.2 Å². The van der Waals surface area contributed by atoms with Crippen molar-refractivity contribution in [3.8, 4) is 0 Å². The first-order valence-corrected chi connectivity index (χ1v) is 15.9. The van der Waals surface area contributed by atoms with E-state index in [1.54, 1.807) is 0 Å². The van der Waals surface area contributed by atoms with Crippen molar-refractivity contribution in [2.75, 3.05) is 6.61 Å². The second-order valence-corrected chi connectivity index (χ2v) is 11.2. The van der Waals surface area contributed by atoms with E-state index in [1.165, 1.54) is 96.3 Å². The summed E-state index contributed by atoms with van der Waals surface area (Å²) in [6.07, 6.45) is 22.7. The fraction of sp³-hybridized carbons (Fsp3) is 0.968. The number of carbonyl (C=O) groups is 1. The molecule has 0 bridgehead atoms. The van der Waals surface area contributed by atoms with Crippen molar-refractivity contribution in [3.05, 3.63) is 0 Å². The van der Waals surface area contributed by atoms with Crippen LogP contribution >= 0.6 is 0 Å².